The second-order valence-electron chi connectivity index (χ2n) is 4.32. The normalized spacial score (nSPS) is 12.4. The van der Waals surface area contributed by atoms with Gasteiger partial charge in [0, 0.05) is 0 Å². The monoisotopic (exact) mass is 232 g/mol. The average Bonchev–Trinajstić information content (AvgIpc) is 2.22. The number of rotatable bonds is 10. The number of carbonyl (C=O) groups excluding carboxylic acids is 1. The second-order valence-corrected chi connectivity index (χ2v) is 4.32. The summed E-state index contributed by atoms with van der Waals surface area (Å²) in [5.74, 6) is 0. The van der Waals surface area contributed by atoms with Crippen molar-refractivity contribution in [1.29, 1.82) is 0 Å². The van der Waals surface area contributed by atoms with Crippen LogP contribution in [0.15, 0.2) is 0 Å². The van der Waals surface area contributed by atoms with Crippen LogP contribution in [-0.2, 0) is 4.74 Å². The molecule has 3 heteroatoms. The molecule has 0 saturated carbocycles. The van der Waals surface area contributed by atoms with E-state index in [1.807, 2.05) is 6.92 Å². The average molecular weight is 232 g/mol. The lowest BCUT2D eigenvalue weighted by Crippen LogP contribution is -2.14. The molecule has 0 aliphatic heterocycles. The lowest BCUT2D eigenvalue weighted by atomic mass is 10.0. The van der Waals surface area contributed by atoms with E-state index in [4.69, 9.17) is 0 Å². The van der Waals surface area contributed by atoms with Gasteiger partial charge < -0.3 is 4.74 Å². The first-order valence-electron chi connectivity index (χ1n) is 6.56. The van der Waals surface area contributed by atoms with Gasteiger partial charge in [-0.2, -0.15) is 0 Å². The van der Waals surface area contributed by atoms with Gasteiger partial charge in [-0.15, -0.1) is 4.39 Å². The molecule has 0 aliphatic carbocycles. The van der Waals surface area contributed by atoms with Gasteiger partial charge in [-0.3, -0.25) is 0 Å². The fourth-order valence-electron chi connectivity index (χ4n) is 1.87. The highest BCUT2D eigenvalue weighted by molar-refractivity contribution is 5.58. The third-order valence-corrected chi connectivity index (χ3v) is 2.75. The molecule has 0 saturated heterocycles. The van der Waals surface area contributed by atoms with Crippen molar-refractivity contribution in [3.8, 4) is 0 Å². The summed E-state index contributed by atoms with van der Waals surface area (Å²) < 4.78 is 16.7. The lowest BCUT2D eigenvalue weighted by Gasteiger charge is -2.14. The molecule has 0 aromatic carbocycles. The largest absolute Gasteiger partial charge is 0.495 e. The minimum atomic E-state index is -1.63. The highest BCUT2D eigenvalue weighted by Crippen LogP contribution is 2.14. The Kier molecular flexibility index (Phi) is 10.5. The van der Waals surface area contributed by atoms with Gasteiger partial charge in [0.05, 0.1) is 0 Å². The van der Waals surface area contributed by atoms with Gasteiger partial charge in [-0.05, 0) is 19.3 Å². The minimum absolute atomic E-state index is 0.214. The molecule has 0 heterocycles. The Morgan fingerprint density at radius 2 is 1.62 bits per heavy atom. The predicted molar refractivity (Wildman–Crippen MR) is 64.3 cm³/mol. The highest BCUT2D eigenvalue weighted by Gasteiger charge is 2.12. The Morgan fingerprint density at radius 1 is 1.00 bits per heavy atom. The quantitative estimate of drug-likeness (QED) is 0.391. The SMILES string of the molecule is CCCCCCCCC(CCC)OC(=O)F. The summed E-state index contributed by atoms with van der Waals surface area (Å²) >= 11 is 0. The van der Waals surface area contributed by atoms with Gasteiger partial charge in [0.15, 0.2) is 0 Å². The number of hydrogen-bond acceptors (Lipinski definition) is 2. The van der Waals surface area contributed by atoms with Crippen LogP contribution in [0.1, 0.15) is 71.6 Å². The Morgan fingerprint density at radius 3 is 2.19 bits per heavy atom. The molecule has 0 fully saturated rings. The Labute approximate surface area is 98.6 Å². The Hall–Kier alpha value is -0.600. The van der Waals surface area contributed by atoms with Crippen LogP contribution in [-0.4, -0.2) is 12.3 Å². The topological polar surface area (TPSA) is 26.3 Å². The van der Waals surface area contributed by atoms with Crippen LogP contribution >= 0.6 is 0 Å². The summed E-state index contributed by atoms with van der Waals surface area (Å²) in [6.45, 7) is 4.21. The van der Waals surface area contributed by atoms with Crippen LogP contribution in [0.25, 0.3) is 0 Å². The first kappa shape index (κ1) is 15.4. The van der Waals surface area contributed by atoms with Gasteiger partial charge >= 0.3 is 6.22 Å². The van der Waals surface area contributed by atoms with E-state index < -0.39 is 6.22 Å². The van der Waals surface area contributed by atoms with E-state index in [2.05, 4.69) is 11.7 Å². The summed E-state index contributed by atoms with van der Waals surface area (Å²) in [4.78, 5) is 10.2. The molecular weight excluding hydrogens is 207 g/mol. The van der Waals surface area contributed by atoms with E-state index in [0.29, 0.717) is 0 Å². The first-order valence-corrected chi connectivity index (χ1v) is 6.56. The number of ether oxygens (including phenoxy) is 1. The van der Waals surface area contributed by atoms with E-state index in [-0.39, 0.29) is 6.10 Å². The zero-order chi connectivity index (χ0) is 12.2. The van der Waals surface area contributed by atoms with Crippen LogP contribution in [0.5, 0.6) is 0 Å². The van der Waals surface area contributed by atoms with Crippen molar-refractivity contribution >= 4 is 6.22 Å². The summed E-state index contributed by atoms with van der Waals surface area (Å²) in [5.41, 5.74) is 0. The molecular formula is C13H25FO2. The Balaban J connectivity index is 3.47. The standard InChI is InChI=1S/C13H25FO2/c1-3-5-6-7-8-9-11-12(10-4-2)16-13(14)15/h12H,3-11H2,1-2H3. The van der Waals surface area contributed by atoms with E-state index in [9.17, 15) is 9.18 Å². The molecule has 0 aromatic heterocycles. The van der Waals surface area contributed by atoms with E-state index in [0.717, 1.165) is 32.1 Å². The van der Waals surface area contributed by atoms with Gasteiger partial charge in [0.2, 0.25) is 0 Å². The van der Waals surface area contributed by atoms with E-state index in [1.165, 1.54) is 25.7 Å². The first-order chi connectivity index (χ1) is 7.70. The number of hydrogen-bond donors (Lipinski definition) is 0. The van der Waals surface area contributed by atoms with Crippen LogP contribution in [0.3, 0.4) is 0 Å². The predicted octanol–water partition coefficient (Wildman–Crippen LogP) is 5.01. The van der Waals surface area contributed by atoms with Gasteiger partial charge in [-0.25, -0.2) is 4.79 Å². The van der Waals surface area contributed by atoms with Crippen molar-refractivity contribution in [1.82, 2.24) is 0 Å². The lowest BCUT2D eigenvalue weighted by molar-refractivity contribution is 0.0653. The van der Waals surface area contributed by atoms with Crippen molar-refractivity contribution in [2.24, 2.45) is 0 Å². The van der Waals surface area contributed by atoms with Gasteiger partial charge in [0.1, 0.15) is 6.10 Å². The van der Waals surface area contributed by atoms with Gasteiger partial charge in [0.25, 0.3) is 0 Å². The zero-order valence-corrected chi connectivity index (χ0v) is 10.6. The van der Waals surface area contributed by atoms with Crippen LogP contribution in [0.2, 0.25) is 0 Å². The molecule has 1 atom stereocenters. The number of carbonyl (C=O) groups is 1. The van der Waals surface area contributed by atoms with Crippen molar-refractivity contribution in [2.75, 3.05) is 0 Å². The molecule has 1 unspecified atom stereocenters. The van der Waals surface area contributed by atoms with E-state index in [1.54, 1.807) is 0 Å². The second kappa shape index (κ2) is 10.9. The fraction of sp³-hybridized carbons (Fsp3) is 0.923. The van der Waals surface area contributed by atoms with Gasteiger partial charge in [-0.1, -0.05) is 52.4 Å². The maximum atomic E-state index is 12.1. The summed E-state index contributed by atoms with van der Waals surface area (Å²) in [7, 11) is 0. The maximum Gasteiger partial charge on any atom is 0.495 e. The van der Waals surface area contributed by atoms with Crippen molar-refractivity contribution in [3.63, 3.8) is 0 Å². The third-order valence-electron chi connectivity index (χ3n) is 2.75. The molecule has 0 aromatic rings. The molecule has 96 valence electrons. The van der Waals surface area contributed by atoms with Crippen molar-refractivity contribution in [2.45, 2.75) is 77.7 Å². The number of halogens is 1. The van der Waals surface area contributed by atoms with Crippen molar-refractivity contribution in [3.05, 3.63) is 0 Å². The van der Waals surface area contributed by atoms with Crippen LogP contribution in [0.4, 0.5) is 9.18 Å². The molecule has 0 rings (SSSR count). The molecule has 0 radical (unpaired) electrons. The van der Waals surface area contributed by atoms with Crippen LogP contribution < -0.4 is 0 Å². The highest BCUT2D eigenvalue weighted by atomic mass is 19.1. The smallest absolute Gasteiger partial charge is 0.437 e. The molecule has 0 amide bonds. The molecule has 0 spiro atoms. The molecule has 0 bridgehead atoms. The summed E-state index contributed by atoms with van der Waals surface area (Å²) in [6, 6.07) is 0. The van der Waals surface area contributed by atoms with Crippen molar-refractivity contribution < 1.29 is 13.9 Å². The van der Waals surface area contributed by atoms with Crippen LogP contribution in [0, 0.1) is 0 Å². The van der Waals surface area contributed by atoms with E-state index >= 15 is 0 Å². The fourth-order valence-corrected chi connectivity index (χ4v) is 1.87. The zero-order valence-electron chi connectivity index (χ0n) is 10.6. The minimum Gasteiger partial charge on any atom is -0.437 e. The Bertz CT molecular complexity index is 171. The molecule has 0 aliphatic rings. The molecule has 2 nitrogen and oxygen atoms in total. The molecule has 0 N–H and O–H groups in total. The summed E-state index contributed by atoms with van der Waals surface area (Å²) in [5, 5.41) is 0. The number of unbranched alkanes of at least 4 members (excludes halogenated alkanes) is 5. The maximum absolute atomic E-state index is 12.1. The summed E-state index contributed by atoms with van der Waals surface area (Å²) in [6.07, 6.45) is 7.88. The third kappa shape index (κ3) is 9.94. The molecule has 16 heavy (non-hydrogen) atoms.